The summed E-state index contributed by atoms with van der Waals surface area (Å²) < 4.78 is 5.71. The van der Waals surface area contributed by atoms with Crippen LogP contribution in [-0.2, 0) is 4.74 Å². The molecule has 0 amide bonds. The lowest BCUT2D eigenvalue weighted by Crippen LogP contribution is -2.09. The third-order valence-electron chi connectivity index (χ3n) is 3.31. The Labute approximate surface area is 118 Å². The van der Waals surface area contributed by atoms with E-state index in [1.54, 1.807) is 11.3 Å². The molecule has 2 heterocycles. The zero-order valence-electron chi connectivity index (χ0n) is 12.2. The van der Waals surface area contributed by atoms with Crippen molar-refractivity contribution in [3.8, 4) is 0 Å². The van der Waals surface area contributed by atoms with Gasteiger partial charge in [-0.2, -0.15) is 0 Å². The van der Waals surface area contributed by atoms with Crippen LogP contribution >= 0.6 is 11.3 Å². The van der Waals surface area contributed by atoms with E-state index in [-0.39, 0.29) is 6.10 Å². The molecule has 1 atom stereocenters. The second-order valence-corrected chi connectivity index (χ2v) is 5.70. The highest BCUT2D eigenvalue weighted by atomic mass is 32.1. The smallest absolute Gasteiger partial charge is 0.161 e. The van der Waals surface area contributed by atoms with Crippen LogP contribution in [0, 0.1) is 13.8 Å². The predicted molar refractivity (Wildman–Crippen MR) is 81.1 cm³/mol. The molecular formula is C14H21N3OS. The molecule has 2 rings (SSSR count). The Kier molecular flexibility index (Phi) is 4.37. The highest BCUT2D eigenvalue weighted by Gasteiger charge is 2.18. The highest BCUT2D eigenvalue weighted by molar-refractivity contribution is 7.18. The Hall–Kier alpha value is -1.20. The van der Waals surface area contributed by atoms with Crippen molar-refractivity contribution in [3.05, 3.63) is 16.3 Å². The Balaban J connectivity index is 2.59. The molecule has 104 valence electrons. The van der Waals surface area contributed by atoms with Crippen molar-refractivity contribution >= 4 is 27.4 Å². The van der Waals surface area contributed by atoms with Crippen molar-refractivity contribution in [2.75, 3.05) is 19.0 Å². The van der Waals surface area contributed by atoms with Gasteiger partial charge in [-0.15, -0.1) is 11.3 Å². The van der Waals surface area contributed by atoms with Crippen LogP contribution in [0.5, 0.6) is 0 Å². The van der Waals surface area contributed by atoms with E-state index in [0.717, 1.165) is 28.3 Å². The second-order valence-electron chi connectivity index (χ2n) is 4.50. The summed E-state index contributed by atoms with van der Waals surface area (Å²) in [4.78, 5) is 11.7. The van der Waals surface area contributed by atoms with Crippen molar-refractivity contribution in [2.24, 2.45) is 0 Å². The van der Waals surface area contributed by atoms with Gasteiger partial charge in [0.1, 0.15) is 16.8 Å². The molecule has 0 aliphatic heterocycles. The number of aryl methyl sites for hydroxylation is 2. The first kappa shape index (κ1) is 14.2. The van der Waals surface area contributed by atoms with E-state index in [4.69, 9.17) is 9.72 Å². The average molecular weight is 279 g/mol. The zero-order chi connectivity index (χ0) is 14.0. The number of nitrogens with zero attached hydrogens (tertiary/aromatic N) is 2. The first-order valence-electron chi connectivity index (χ1n) is 6.69. The fourth-order valence-corrected chi connectivity index (χ4v) is 3.20. The molecule has 0 saturated carbocycles. The maximum absolute atomic E-state index is 5.71. The summed E-state index contributed by atoms with van der Waals surface area (Å²) in [5.74, 6) is 1.68. The fraction of sp³-hybridized carbons (Fsp3) is 0.571. The van der Waals surface area contributed by atoms with E-state index in [0.29, 0.717) is 6.61 Å². The van der Waals surface area contributed by atoms with E-state index in [1.165, 1.54) is 10.4 Å². The van der Waals surface area contributed by atoms with Gasteiger partial charge < -0.3 is 10.1 Å². The molecule has 0 fully saturated rings. The zero-order valence-corrected chi connectivity index (χ0v) is 13.0. The molecule has 5 heteroatoms. The molecule has 2 aromatic rings. The molecule has 0 spiro atoms. The number of nitrogens with one attached hydrogen (secondary N) is 1. The van der Waals surface area contributed by atoms with Crippen molar-refractivity contribution in [2.45, 2.75) is 40.2 Å². The summed E-state index contributed by atoms with van der Waals surface area (Å²) in [6, 6.07) is 0. The molecule has 1 N–H and O–H groups in total. The van der Waals surface area contributed by atoms with Gasteiger partial charge in [0.2, 0.25) is 0 Å². The van der Waals surface area contributed by atoms with Gasteiger partial charge in [0.05, 0.1) is 5.39 Å². The van der Waals surface area contributed by atoms with Gasteiger partial charge >= 0.3 is 0 Å². The first-order chi connectivity index (χ1) is 9.12. The highest BCUT2D eigenvalue weighted by Crippen LogP contribution is 2.34. The SMILES string of the molecule is CCOC(CC)c1nc(NC)c2c(C)c(C)sc2n1. The number of ether oxygens (including phenoxy) is 1. The maximum atomic E-state index is 5.71. The van der Waals surface area contributed by atoms with Gasteiger partial charge in [-0.25, -0.2) is 9.97 Å². The molecule has 19 heavy (non-hydrogen) atoms. The third kappa shape index (κ3) is 2.58. The van der Waals surface area contributed by atoms with Crippen molar-refractivity contribution in [3.63, 3.8) is 0 Å². The normalized spacial score (nSPS) is 12.9. The van der Waals surface area contributed by atoms with Crippen LogP contribution in [0.15, 0.2) is 0 Å². The molecular weight excluding hydrogens is 258 g/mol. The summed E-state index contributed by atoms with van der Waals surface area (Å²) in [7, 11) is 1.90. The molecule has 0 saturated heterocycles. The molecule has 2 aromatic heterocycles. The Morgan fingerprint density at radius 2 is 2.00 bits per heavy atom. The van der Waals surface area contributed by atoms with Crippen molar-refractivity contribution in [1.29, 1.82) is 0 Å². The minimum absolute atomic E-state index is 0.0239. The van der Waals surface area contributed by atoms with Crippen LogP contribution in [0.25, 0.3) is 10.2 Å². The summed E-state index contributed by atoms with van der Waals surface area (Å²) in [6.45, 7) is 9.02. The second kappa shape index (κ2) is 5.84. The third-order valence-corrected chi connectivity index (χ3v) is 4.41. The molecule has 0 bridgehead atoms. The molecule has 4 nitrogen and oxygen atoms in total. The van der Waals surface area contributed by atoms with Gasteiger partial charge in [0.25, 0.3) is 0 Å². The molecule has 1 unspecified atom stereocenters. The van der Waals surface area contributed by atoms with Crippen LogP contribution < -0.4 is 5.32 Å². The minimum Gasteiger partial charge on any atom is -0.372 e. The number of hydrogen-bond acceptors (Lipinski definition) is 5. The van der Waals surface area contributed by atoms with Crippen LogP contribution in [0.2, 0.25) is 0 Å². The maximum Gasteiger partial charge on any atom is 0.161 e. The summed E-state index contributed by atoms with van der Waals surface area (Å²) >= 11 is 1.72. The fourth-order valence-electron chi connectivity index (χ4n) is 2.17. The van der Waals surface area contributed by atoms with E-state index < -0.39 is 0 Å². The number of fused-ring (bicyclic) bond motifs is 1. The van der Waals surface area contributed by atoms with Gasteiger partial charge in [0.15, 0.2) is 5.82 Å². The number of hydrogen-bond donors (Lipinski definition) is 1. The Morgan fingerprint density at radius 3 is 2.58 bits per heavy atom. The predicted octanol–water partition coefficient (Wildman–Crippen LogP) is 3.84. The van der Waals surface area contributed by atoms with Gasteiger partial charge in [-0.1, -0.05) is 6.92 Å². The molecule has 0 aliphatic rings. The molecule has 0 aromatic carbocycles. The van der Waals surface area contributed by atoms with Gasteiger partial charge in [-0.3, -0.25) is 0 Å². The molecule has 0 aliphatic carbocycles. The van der Waals surface area contributed by atoms with Crippen LogP contribution in [0.4, 0.5) is 5.82 Å². The van der Waals surface area contributed by atoms with Crippen LogP contribution in [0.3, 0.4) is 0 Å². The number of rotatable bonds is 5. The lowest BCUT2D eigenvalue weighted by Gasteiger charge is -2.14. The van der Waals surface area contributed by atoms with Crippen molar-refractivity contribution < 1.29 is 4.74 Å². The van der Waals surface area contributed by atoms with Crippen LogP contribution in [0.1, 0.15) is 42.6 Å². The number of anilines is 1. The average Bonchev–Trinajstić information content (AvgIpc) is 2.70. The van der Waals surface area contributed by atoms with E-state index in [1.807, 2.05) is 14.0 Å². The standard InChI is InChI=1S/C14H21N3OS/c1-6-10(18-7-2)12-16-13(15-5)11-8(3)9(4)19-14(11)17-12/h10H,6-7H2,1-5H3,(H,15,16,17). The van der Waals surface area contributed by atoms with E-state index in [9.17, 15) is 0 Å². The van der Waals surface area contributed by atoms with Crippen LogP contribution in [-0.4, -0.2) is 23.6 Å². The van der Waals surface area contributed by atoms with Crippen molar-refractivity contribution in [1.82, 2.24) is 9.97 Å². The summed E-state index contributed by atoms with van der Waals surface area (Å²) in [5.41, 5.74) is 1.26. The van der Waals surface area contributed by atoms with Gasteiger partial charge in [-0.05, 0) is 32.8 Å². The van der Waals surface area contributed by atoms with E-state index in [2.05, 4.69) is 31.1 Å². The monoisotopic (exact) mass is 279 g/mol. The largest absolute Gasteiger partial charge is 0.372 e. The Bertz CT molecular complexity index is 580. The van der Waals surface area contributed by atoms with E-state index >= 15 is 0 Å². The van der Waals surface area contributed by atoms with Gasteiger partial charge in [0, 0.05) is 18.5 Å². The minimum atomic E-state index is -0.0239. The lowest BCUT2D eigenvalue weighted by molar-refractivity contribution is 0.0539. The molecule has 0 radical (unpaired) electrons. The lowest BCUT2D eigenvalue weighted by atomic mass is 10.2. The Morgan fingerprint density at radius 1 is 1.26 bits per heavy atom. The number of aromatic nitrogens is 2. The summed E-state index contributed by atoms with van der Waals surface area (Å²) in [5, 5.41) is 4.32. The first-order valence-corrected chi connectivity index (χ1v) is 7.50. The quantitative estimate of drug-likeness (QED) is 0.903. The topological polar surface area (TPSA) is 47.0 Å². The number of thiophene rings is 1. The summed E-state index contributed by atoms with van der Waals surface area (Å²) in [6.07, 6.45) is 0.857.